The molecule has 1 aromatic rings. The molecule has 0 amide bonds. The highest BCUT2D eigenvalue weighted by Gasteiger charge is 2.27. The van der Waals surface area contributed by atoms with Crippen molar-refractivity contribution in [3.8, 4) is 0 Å². The summed E-state index contributed by atoms with van der Waals surface area (Å²) in [5, 5.41) is 6.90. The average Bonchev–Trinajstić information content (AvgIpc) is 2.47. The van der Waals surface area contributed by atoms with Crippen LogP contribution in [0.4, 0.5) is 0 Å². The maximum absolute atomic E-state index is 4.76. The lowest BCUT2D eigenvalue weighted by atomic mass is 9.93. The standard InChI is InChI=1S/C13H24N2S/c1-9(2)15-13(6,7)11-14-10(8-16-11)12(3,4)5/h8-9,15H,1-7H3. The van der Waals surface area contributed by atoms with E-state index in [0.29, 0.717) is 6.04 Å². The predicted molar refractivity (Wildman–Crippen MR) is 72.1 cm³/mol. The highest BCUT2D eigenvalue weighted by atomic mass is 32.1. The summed E-state index contributed by atoms with van der Waals surface area (Å²) in [6, 6.07) is 0.469. The molecule has 2 nitrogen and oxygen atoms in total. The van der Waals surface area contributed by atoms with E-state index in [-0.39, 0.29) is 11.0 Å². The number of nitrogens with zero attached hydrogens (tertiary/aromatic N) is 1. The molecule has 0 spiro atoms. The Hall–Kier alpha value is -0.410. The van der Waals surface area contributed by atoms with Crippen molar-refractivity contribution in [3.63, 3.8) is 0 Å². The number of rotatable bonds is 3. The Bertz CT molecular complexity index is 345. The van der Waals surface area contributed by atoms with Crippen molar-refractivity contribution in [2.45, 2.75) is 65.5 Å². The summed E-state index contributed by atoms with van der Waals surface area (Å²) in [4.78, 5) is 4.76. The van der Waals surface area contributed by atoms with Crippen LogP contribution in [0.5, 0.6) is 0 Å². The largest absolute Gasteiger partial charge is 0.304 e. The van der Waals surface area contributed by atoms with Gasteiger partial charge in [0.25, 0.3) is 0 Å². The first-order valence-electron chi connectivity index (χ1n) is 5.87. The smallest absolute Gasteiger partial charge is 0.112 e. The Balaban J connectivity index is 2.93. The van der Waals surface area contributed by atoms with Crippen molar-refractivity contribution in [2.75, 3.05) is 0 Å². The molecule has 1 aromatic heterocycles. The Kier molecular flexibility index (Phi) is 3.80. The van der Waals surface area contributed by atoms with Crippen molar-refractivity contribution < 1.29 is 0 Å². The van der Waals surface area contributed by atoms with Crippen molar-refractivity contribution in [3.05, 3.63) is 16.1 Å². The Labute approximate surface area is 103 Å². The van der Waals surface area contributed by atoms with Crippen LogP contribution in [0.3, 0.4) is 0 Å². The minimum atomic E-state index is -0.0394. The van der Waals surface area contributed by atoms with Crippen LogP contribution in [0, 0.1) is 0 Å². The maximum Gasteiger partial charge on any atom is 0.112 e. The minimum Gasteiger partial charge on any atom is -0.304 e. The van der Waals surface area contributed by atoms with E-state index in [1.165, 1.54) is 10.7 Å². The van der Waals surface area contributed by atoms with Crippen LogP contribution in [0.25, 0.3) is 0 Å². The van der Waals surface area contributed by atoms with Gasteiger partial charge in [0.15, 0.2) is 0 Å². The van der Waals surface area contributed by atoms with E-state index in [9.17, 15) is 0 Å². The van der Waals surface area contributed by atoms with Gasteiger partial charge < -0.3 is 5.32 Å². The van der Waals surface area contributed by atoms with Gasteiger partial charge in [0, 0.05) is 16.8 Å². The predicted octanol–water partition coefficient (Wildman–Crippen LogP) is 3.67. The molecular formula is C13H24N2S. The molecule has 1 heterocycles. The Morgan fingerprint density at radius 2 is 1.75 bits per heavy atom. The van der Waals surface area contributed by atoms with E-state index in [0.717, 1.165) is 0 Å². The van der Waals surface area contributed by atoms with Gasteiger partial charge in [-0.3, -0.25) is 0 Å². The van der Waals surface area contributed by atoms with Gasteiger partial charge in [-0.15, -0.1) is 11.3 Å². The lowest BCUT2D eigenvalue weighted by molar-refractivity contribution is 0.362. The number of thiazole rings is 1. The van der Waals surface area contributed by atoms with Crippen LogP contribution >= 0.6 is 11.3 Å². The van der Waals surface area contributed by atoms with Gasteiger partial charge in [-0.25, -0.2) is 4.98 Å². The van der Waals surface area contributed by atoms with Gasteiger partial charge in [0.05, 0.1) is 11.2 Å². The third kappa shape index (κ3) is 3.29. The molecule has 0 saturated carbocycles. The first-order chi connectivity index (χ1) is 7.13. The number of aromatic nitrogens is 1. The third-order valence-electron chi connectivity index (χ3n) is 2.46. The topological polar surface area (TPSA) is 24.9 Å². The lowest BCUT2D eigenvalue weighted by Gasteiger charge is -2.26. The molecule has 0 atom stereocenters. The number of hydrogen-bond acceptors (Lipinski definition) is 3. The summed E-state index contributed by atoms with van der Waals surface area (Å²) in [5.41, 5.74) is 1.29. The molecule has 0 aliphatic rings. The number of hydrogen-bond donors (Lipinski definition) is 1. The molecule has 0 aliphatic carbocycles. The monoisotopic (exact) mass is 240 g/mol. The van der Waals surface area contributed by atoms with Crippen LogP contribution in [-0.4, -0.2) is 11.0 Å². The quantitative estimate of drug-likeness (QED) is 0.872. The molecule has 0 aliphatic heterocycles. The fourth-order valence-electron chi connectivity index (χ4n) is 1.69. The van der Waals surface area contributed by atoms with E-state index < -0.39 is 0 Å². The molecule has 0 bridgehead atoms. The fourth-order valence-corrected chi connectivity index (χ4v) is 2.82. The first-order valence-corrected chi connectivity index (χ1v) is 6.75. The van der Waals surface area contributed by atoms with E-state index in [2.05, 4.69) is 59.2 Å². The molecule has 16 heavy (non-hydrogen) atoms. The van der Waals surface area contributed by atoms with Crippen LogP contribution in [0.1, 0.15) is 59.2 Å². The number of nitrogens with one attached hydrogen (secondary N) is 1. The Morgan fingerprint density at radius 3 is 2.12 bits per heavy atom. The van der Waals surface area contributed by atoms with Crippen molar-refractivity contribution in [1.29, 1.82) is 0 Å². The zero-order chi connectivity index (χ0) is 12.6. The second kappa shape index (κ2) is 4.46. The van der Waals surface area contributed by atoms with Crippen LogP contribution in [0.15, 0.2) is 5.38 Å². The lowest BCUT2D eigenvalue weighted by Crippen LogP contribution is -2.41. The summed E-state index contributed by atoms with van der Waals surface area (Å²) in [7, 11) is 0. The second-order valence-electron chi connectivity index (χ2n) is 6.21. The normalized spacial score (nSPS) is 13.5. The van der Waals surface area contributed by atoms with Crippen molar-refractivity contribution in [1.82, 2.24) is 10.3 Å². The Morgan fingerprint density at radius 1 is 1.19 bits per heavy atom. The van der Waals surface area contributed by atoms with Crippen LogP contribution in [0.2, 0.25) is 0 Å². The molecule has 0 unspecified atom stereocenters. The van der Waals surface area contributed by atoms with Crippen LogP contribution < -0.4 is 5.32 Å². The molecule has 1 rings (SSSR count). The molecule has 0 aromatic carbocycles. The first kappa shape index (κ1) is 13.7. The highest BCUT2D eigenvalue weighted by molar-refractivity contribution is 7.09. The van der Waals surface area contributed by atoms with Gasteiger partial charge in [0.1, 0.15) is 5.01 Å². The molecule has 0 saturated heterocycles. The molecule has 0 fully saturated rings. The van der Waals surface area contributed by atoms with Crippen LogP contribution in [-0.2, 0) is 11.0 Å². The summed E-state index contributed by atoms with van der Waals surface area (Å²) in [6.45, 7) is 15.3. The third-order valence-corrected chi connectivity index (χ3v) is 3.62. The molecular weight excluding hydrogens is 216 g/mol. The highest BCUT2D eigenvalue weighted by Crippen LogP contribution is 2.29. The van der Waals surface area contributed by atoms with E-state index in [1.807, 2.05) is 0 Å². The SMILES string of the molecule is CC(C)NC(C)(C)c1nc(C(C)(C)C)cs1. The van der Waals surface area contributed by atoms with Gasteiger partial charge in [-0.05, 0) is 27.7 Å². The zero-order valence-corrected chi connectivity index (χ0v) is 12.3. The van der Waals surface area contributed by atoms with E-state index in [1.54, 1.807) is 11.3 Å². The van der Waals surface area contributed by atoms with Gasteiger partial charge in [-0.2, -0.15) is 0 Å². The molecule has 0 radical (unpaired) electrons. The van der Waals surface area contributed by atoms with Crippen molar-refractivity contribution >= 4 is 11.3 Å². The molecule has 3 heteroatoms. The van der Waals surface area contributed by atoms with Gasteiger partial charge in [-0.1, -0.05) is 20.8 Å². The maximum atomic E-state index is 4.76. The minimum absolute atomic E-state index is 0.0394. The van der Waals surface area contributed by atoms with Crippen molar-refractivity contribution in [2.24, 2.45) is 0 Å². The van der Waals surface area contributed by atoms with E-state index >= 15 is 0 Å². The second-order valence-corrected chi connectivity index (χ2v) is 7.07. The molecule has 1 N–H and O–H groups in total. The fraction of sp³-hybridized carbons (Fsp3) is 0.769. The van der Waals surface area contributed by atoms with E-state index in [4.69, 9.17) is 4.98 Å². The van der Waals surface area contributed by atoms with Gasteiger partial charge in [0.2, 0.25) is 0 Å². The summed E-state index contributed by atoms with van der Waals surface area (Å²) < 4.78 is 0. The zero-order valence-electron chi connectivity index (χ0n) is 11.5. The summed E-state index contributed by atoms with van der Waals surface area (Å²) in [6.07, 6.45) is 0. The summed E-state index contributed by atoms with van der Waals surface area (Å²) >= 11 is 1.75. The van der Waals surface area contributed by atoms with Gasteiger partial charge >= 0.3 is 0 Å². The average molecular weight is 240 g/mol. The molecule has 92 valence electrons. The summed E-state index contributed by atoms with van der Waals surface area (Å²) in [5.74, 6) is 0.